The van der Waals surface area contributed by atoms with Crippen LogP contribution in [0.15, 0.2) is 59.5 Å². The summed E-state index contributed by atoms with van der Waals surface area (Å²) in [6.45, 7) is 1.68. The van der Waals surface area contributed by atoms with Crippen LogP contribution in [0.1, 0.15) is 16.8 Å². The first-order valence-electron chi connectivity index (χ1n) is 11.2. The molecule has 0 radical (unpaired) electrons. The number of aldehydes is 1. The van der Waals surface area contributed by atoms with E-state index in [1.807, 2.05) is 7.05 Å². The van der Waals surface area contributed by atoms with Gasteiger partial charge in [0.25, 0.3) is 10.0 Å². The molecule has 0 aromatic heterocycles. The molecule has 0 bridgehead atoms. The topological polar surface area (TPSA) is 94.2 Å². The van der Waals surface area contributed by atoms with Crippen molar-refractivity contribution in [2.45, 2.75) is 17.4 Å². The Kier molecular flexibility index (Phi) is 7.73. The molecule has 1 saturated heterocycles. The van der Waals surface area contributed by atoms with Crippen molar-refractivity contribution in [3.05, 3.63) is 65.2 Å². The van der Waals surface area contributed by atoms with Crippen LogP contribution < -0.4 is 18.9 Å². The zero-order chi connectivity index (χ0) is 25.9. The second-order valence-corrected chi connectivity index (χ2v) is 10.5. The van der Waals surface area contributed by atoms with Crippen LogP contribution in [-0.4, -0.2) is 60.1 Å². The fourth-order valence-corrected chi connectivity index (χ4v) is 5.56. The first-order valence-corrected chi connectivity index (χ1v) is 13.1. The van der Waals surface area contributed by atoms with Gasteiger partial charge in [-0.05, 0) is 43.3 Å². The molecule has 3 aromatic carbocycles. The fraction of sp³-hybridized carbons (Fsp3) is 0.269. The van der Waals surface area contributed by atoms with Gasteiger partial charge in [-0.1, -0.05) is 29.8 Å². The van der Waals surface area contributed by atoms with Crippen molar-refractivity contribution in [1.82, 2.24) is 4.90 Å². The molecule has 0 amide bonds. The third kappa shape index (κ3) is 5.59. The Labute approximate surface area is 215 Å². The van der Waals surface area contributed by atoms with E-state index in [4.69, 9.17) is 25.8 Å². The summed E-state index contributed by atoms with van der Waals surface area (Å²) >= 11 is 6.33. The Morgan fingerprint density at radius 2 is 1.78 bits per heavy atom. The number of anilines is 1. The Bertz CT molecular complexity index is 1380. The van der Waals surface area contributed by atoms with Crippen molar-refractivity contribution >= 4 is 33.6 Å². The van der Waals surface area contributed by atoms with Gasteiger partial charge in [0.15, 0.2) is 11.5 Å². The summed E-state index contributed by atoms with van der Waals surface area (Å²) in [4.78, 5) is 13.4. The van der Waals surface area contributed by atoms with Gasteiger partial charge in [0.2, 0.25) is 0 Å². The van der Waals surface area contributed by atoms with Gasteiger partial charge in [-0.3, -0.25) is 9.52 Å². The lowest BCUT2D eigenvalue weighted by Crippen LogP contribution is -2.21. The first-order chi connectivity index (χ1) is 17.2. The molecule has 190 valence electrons. The van der Waals surface area contributed by atoms with Gasteiger partial charge < -0.3 is 19.1 Å². The van der Waals surface area contributed by atoms with E-state index in [1.54, 1.807) is 48.5 Å². The number of likely N-dealkylation sites (N-methyl/N-ethyl adjacent to an activating group) is 1. The number of nitrogens with zero attached hydrogens (tertiary/aromatic N) is 1. The van der Waals surface area contributed by atoms with Crippen LogP contribution in [0, 0.1) is 0 Å². The zero-order valence-corrected chi connectivity index (χ0v) is 21.7. The highest BCUT2D eigenvalue weighted by molar-refractivity contribution is 7.92. The fourth-order valence-electron chi connectivity index (χ4n) is 4.13. The van der Waals surface area contributed by atoms with Crippen LogP contribution in [0.5, 0.6) is 17.2 Å². The lowest BCUT2D eigenvalue weighted by Gasteiger charge is -2.18. The minimum absolute atomic E-state index is 0.0260. The van der Waals surface area contributed by atoms with E-state index in [2.05, 4.69) is 9.62 Å². The molecule has 1 aliphatic heterocycles. The standard InChI is InChI=1S/C26H27ClN2O6S/c1-29-10-9-20(15-29)35-23-12-19(7-8-22(23)27)28-36(31,32)26-14-25(34-3)24(33-2)13-21(26)18-6-4-5-17(11-18)16-30/h4-8,11-14,16,20,28H,9-10,15H2,1-3H3. The summed E-state index contributed by atoms with van der Waals surface area (Å²) in [5, 5.41) is 0.394. The van der Waals surface area contributed by atoms with E-state index in [0.717, 1.165) is 19.5 Å². The van der Waals surface area contributed by atoms with Gasteiger partial charge in [0.05, 0.1) is 29.8 Å². The van der Waals surface area contributed by atoms with Gasteiger partial charge >= 0.3 is 0 Å². The van der Waals surface area contributed by atoms with Gasteiger partial charge in [-0.2, -0.15) is 0 Å². The van der Waals surface area contributed by atoms with Crippen molar-refractivity contribution in [2.24, 2.45) is 0 Å². The summed E-state index contributed by atoms with van der Waals surface area (Å²) in [5.41, 5.74) is 1.59. The van der Waals surface area contributed by atoms with Crippen LogP contribution in [0.4, 0.5) is 5.69 Å². The number of methoxy groups -OCH3 is 2. The van der Waals surface area contributed by atoms with Crippen LogP contribution in [0.2, 0.25) is 5.02 Å². The SMILES string of the molecule is COc1cc(-c2cccc(C=O)c2)c(S(=O)(=O)Nc2ccc(Cl)c(OC3CCN(C)C3)c2)cc1OC. The molecule has 0 aliphatic carbocycles. The van der Waals surface area contributed by atoms with E-state index in [1.165, 1.54) is 20.3 Å². The minimum Gasteiger partial charge on any atom is -0.493 e. The highest BCUT2D eigenvalue weighted by Crippen LogP contribution is 2.39. The van der Waals surface area contributed by atoms with Crippen LogP contribution >= 0.6 is 11.6 Å². The van der Waals surface area contributed by atoms with E-state index in [9.17, 15) is 13.2 Å². The van der Waals surface area contributed by atoms with Crippen molar-refractivity contribution in [2.75, 3.05) is 39.1 Å². The molecule has 10 heteroatoms. The number of hydrogen-bond acceptors (Lipinski definition) is 7. The third-order valence-electron chi connectivity index (χ3n) is 5.93. The Balaban J connectivity index is 1.73. The zero-order valence-electron chi connectivity index (χ0n) is 20.2. The molecule has 1 N–H and O–H groups in total. The predicted octanol–water partition coefficient (Wildman–Crippen LogP) is 4.72. The highest BCUT2D eigenvalue weighted by atomic mass is 35.5. The molecule has 0 spiro atoms. The Hall–Kier alpha value is -3.27. The maximum absolute atomic E-state index is 13.6. The maximum Gasteiger partial charge on any atom is 0.262 e. The monoisotopic (exact) mass is 530 g/mol. The number of halogens is 1. The molecule has 36 heavy (non-hydrogen) atoms. The average molecular weight is 531 g/mol. The van der Waals surface area contributed by atoms with Gasteiger partial charge in [-0.25, -0.2) is 8.42 Å². The second kappa shape index (κ2) is 10.8. The molecule has 3 aromatic rings. The van der Waals surface area contributed by atoms with Crippen molar-refractivity contribution in [3.8, 4) is 28.4 Å². The summed E-state index contributed by atoms with van der Waals surface area (Å²) < 4.78 is 46.7. The summed E-state index contributed by atoms with van der Waals surface area (Å²) in [7, 11) is 0.793. The number of sulfonamides is 1. The number of nitrogens with one attached hydrogen (secondary N) is 1. The summed E-state index contributed by atoms with van der Waals surface area (Å²) in [6.07, 6.45) is 1.54. The Morgan fingerprint density at radius 1 is 1.03 bits per heavy atom. The maximum atomic E-state index is 13.6. The quantitative estimate of drug-likeness (QED) is 0.400. The Morgan fingerprint density at radius 3 is 2.44 bits per heavy atom. The lowest BCUT2D eigenvalue weighted by molar-refractivity contribution is 0.112. The van der Waals surface area contributed by atoms with Gasteiger partial charge in [0.1, 0.15) is 18.1 Å². The molecule has 8 nitrogen and oxygen atoms in total. The largest absolute Gasteiger partial charge is 0.493 e. The normalized spacial score (nSPS) is 15.9. The first kappa shape index (κ1) is 25.8. The third-order valence-corrected chi connectivity index (χ3v) is 7.67. The van der Waals surface area contributed by atoms with Crippen molar-refractivity contribution in [3.63, 3.8) is 0 Å². The molecule has 4 rings (SSSR count). The molecular formula is C26H27ClN2O6S. The van der Waals surface area contributed by atoms with Crippen molar-refractivity contribution < 1.29 is 27.4 Å². The minimum atomic E-state index is -4.12. The van der Waals surface area contributed by atoms with E-state index < -0.39 is 10.0 Å². The van der Waals surface area contributed by atoms with Gasteiger partial charge in [-0.15, -0.1) is 0 Å². The molecule has 1 atom stereocenters. The van der Waals surface area contributed by atoms with Gasteiger partial charge in [0, 0.05) is 36.3 Å². The molecule has 1 fully saturated rings. The summed E-state index contributed by atoms with van der Waals surface area (Å²) in [5.74, 6) is 1.01. The number of ether oxygens (including phenoxy) is 3. The van der Waals surface area contributed by atoms with E-state index in [-0.39, 0.29) is 16.7 Å². The molecule has 1 heterocycles. The van der Waals surface area contributed by atoms with Crippen molar-refractivity contribution in [1.29, 1.82) is 0 Å². The van der Waals surface area contributed by atoms with Crippen LogP contribution in [0.25, 0.3) is 11.1 Å². The summed E-state index contributed by atoms with van der Waals surface area (Å²) in [6, 6.07) is 14.4. The number of carbonyl (C=O) groups is 1. The number of hydrogen-bond donors (Lipinski definition) is 1. The average Bonchev–Trinajstić information content (AvgIpc) is 3.29. The smallest absolute Gasteiger partial charge is 0.262 e. The lowest BCUT2D eigenvalue weighted by atomic mass is 10.0. The predicted molar refractivity (Wildman–Crippen MR) is 139 cm³/mol. The molecular weight excluding hydrogens is 504 g/mol. The number of benzene rings is 3. The molecule has 1 unspecified atom stereocenters. The number of likely N-dealkylation sites (tertiary alicyclic amines) is 1. The molecule has 0 saturated carbocycles. The van der Waals surface area contributed by atoms with E-state index >= 15 is 0 Å². The van der Waals surface area contributed by atoms with Crippen LogP contribution in [-0.2, 0) is 10.0 Å². The number of rotatable bonds is 9. The second-order valence-electron chi connectivity index (χ2n) is 8.49. The number of carbonyl (C=O) groups excluding carboxylic acids is 1. The van der Waals surface area contributed by atoms with E-state index in [0.29, 0.717) is 45.2 Å². The molecule has 1 aliphatic rings. The van der Waals surface area contributed by atoms with Crippen LogP contribution in [0.3, 0.4) is 0 Å². The highest BCUT2D eigenvalue weighted by Gasteiger charge is 2.25.